The standard InChI is InChI=1S/C25H29F2NO5S/c1-16(2)17-5-3-6-18(15-17)25(26,27)22(29)11-8-19-12-14-33-24(32)28(19)13-4-7-20-9-10-21(34-20)23(30)31/h3,5-6,8-11,15-16,19,22,29H,4,7,12-14H2,1-2H3,(H,30,31)/t19-,22+/m0/s1. The van der Waals surface area contributed by atoms with Crippen LogP contribution in [0.5, 0.6) is 0 Å². The lowest BCUT2D eigenvalue weighted by Gasteiger charge is -2.33. The number of carbonyl (C=O) groups is 2. The molecule has 34 heavy (non-hydrogen) atoms. The van der Waals surface area contributed by atoms with Gasteiger partial charge in [-0.3, -0.25) is 0 Å². The molecule has 1 aromatic carbocycles. The van der Waals surface area contributed by atoms with Crippen LogP contribution in [0.15, 0.2) is 48.6 Å². The Morgan fingerprint density at radius 2 is 2.09 bits per heavy atom. The molecule has 6 nitrogen and oxygen atoms in total. The molecule has 0 spiro atoms. The van der Waals surface area contributed by atoms with E-state index in [1.54, 1.807) is 24.3 Å². The number of benzene rings is 1. The summed E-state index contributed by atoms with van der Waals surface area (Å²) in [6.45, 7) is 4.30. The zero-order chi connectivity index (χ0) is 24.9. The number of alkyl halides is 2. The van der Waals surface area contributed by atoms with Gasteiger partial charge in [0, 0.05) is 23.4 Å². The number of cyclic esters (lactones) is 1. The fourth-order valence-electron chi connectivity index (χ4n) is 3.78. The molecule has 0 radical (unpaired) electrons. The molecule has 1 saturated heterocycles. The van der Waals surface area contributed by atoms with Crippen LogP contribution >= 0.6 is 11.3 Å². The average Bonchev–Trinajstić information content (AvgIpc) is 3.28. The Morgan fingerprint density at radius 1 is 1.32 bits per heavy atom. The largest absolute Gasteiger partial charge is 0.477 e. The summed E-state index contributed by atoms with van der Waals surface area (Å²) in [5.74, 6) is -4.38. The van der Waals surface area contributed by atoms with Gasteiger partial charge in [0.25, 0.3) is 0 Å². The Labute approximate surface area is 201 Å². The van der Waals surface area contributed by atoms with Crippen LogP contribution in [0.1, 0.15) is 58.3 Å². The van der Waals surface area contributed by atoms with E-state index in [2.05, 4.69) is 0 Å². The van der Waals surface area contributed by atoms with E-state index in [4.69, 9.17) is 9.84 Å². The Bertz CT molecular complexity index is 1040. The van der Waals surface area contributed by atoms with Crippen molar-refractivity contribution in [3.05, 3.63) is 69.4 Å². The van der Waals surface area contributed by atoms with E-state index >= 15 is 0 Å². The van der Waals surface area contributed by atoms with E-state index in [1.807, 2.05) is 13.8 Å². The number of carboxylic acid groups (broad SMARTS) is 1. The molecule has 9 heteroatoms. The minimum absolute atomic E-state index is 0.0788. The number of aliphatic hydroxyl groups is 1. The van der Waals surface area contributed by atoms with Crippen molar-refractivity contribution in [2.45, 2.75) is 57.1 Å². The average molecular weight is 494 g/mol. The van der Waals surface area contributed by atoms with Crippen LogP contribution in [0, 0.1) is 0 Å². The molecule has 2 atom stereocenters. The van der Waals surface area contributed by atoms with Gasteiger partial charge in [-0.25, -0.2) is 9.59 Å². The number of thiophene rings is 1. The van der Waals surface area contributed by atoms with E-state index in [0.717, 1.165) is 16.5 Å². The molecule has 1 aromatic heterocycles. The van der Waals surface area contributed by atoms with Crippen molar-refractivity contribution in [1.29, 1.82) is 0 Å². The predicted molar refractivity (Wildman–Crippen MR) is 126 cm³/mol. The van der Waals surface area contributed by atoms with E-state index in [1.165, 1.54) is 34.4 Å². The highest BCUT2D eigenvalue weighted by atomic mass is 32.1. The molecule has 1 fully saturated rings. The smallest absolute Gasteiger partial charge is 0.410 e. The van der Waals surface area contributed by atoms with Crippen molar-refractivity contribution < 1.29 is 33.3 Å². The molecule has 184 valence electrons. The lowest BCUT2D eigenvalue weighted by Crippen LogP contribution is -2.45. The van der Waals surface area contributed by atoms with Crippen LogP contribution in [0.4, 0.5) is 13.6 Å². The monoisotopic (exact) mass is 493 g/mol. The summed E-state index contributed by atoms with van der Waals surface area (Å²) in [5, 5.41) is 19.3. The first-order valence-corrected chi connectivity index (χ1v) is 12.0. The number of halogens is 2. The number of aryl methyl sites for hydroxylation is 1. The zero-order valence-corrected chi connectivity index (χ0v) is 19.9. The van der Waals surface area contributed by atoms with Gasteiger partial charge in [-0.2, -0.15) is 8.78 Å². The Balaban J connectivity index is 1.65. The number of rotatable bonds is 10. The summed E-state index contributed by atoms with van der Waals surface area (Å²) >= 11 is 1.18. The molecule has 0 aliphatic carbocycles. The second-order valence-electron chi connectivity index (χ2n) is 8.57. The number of amides is 1. The third kappa shape index (κ3) is 6.21. The van der Waals surface area contributed by atoms with E-state index in [0.29, 0.717) is 25.8 Å². The van der Waals surface area contributed by atoms with Gasteiger partial charge >= 0.3 is 18.0 Å². The SMILES string of the molecule is CC(C)c1cccc(C(F)(F)[C@H](O)C=C[C@H]2CCOC(=O)N2CCCc2ccc(C(=O)O)s2)c1. The Hall–Kier alpha value is -2.78. The molecular formula is C25H29F2NO5S. The van der Waals surface area contributed by atoms with Gasteiger partial charge in [-0.15, -0.1) is 11.3 Å². The van der Waals surface area contributed by atoms with Crippen LogP contribution in [-0.2, 0) is 17.1 Å². The minimum Gasteiger partial charge on any atom is -0.477 e. The van der Waals surface area contributed by atoms with Crippen molar-refractivity contribution in [3.8, 4) is 0 Å². The molecule has 3 rings (SSSR count). The van der Waals surface area contributed by atoms with Crippen LogP contribution in [0.3, 0.4) is 0 Å². The summed E-state index contributed by atoms with van der Waals surface area (Å²) in [5.41, 5.74) is 0.503. The molecule has 0 unspecified atom stereocenters. The second kappa shape index (κ2) is 11.1. The van der Waals surface area contributed by atoms with Crippen molar-refractivity contribution in [1.82, 2.24) is 4.90 Å². The molecule has 1 aliphatic heterocycles. The number of hydrogen-bond donors (Lipinski definition) is 2. The normalized spacial score (nSPS) is 17.9. The summed E-state index contributed by atoms with van der Waals surface area (Å²) in [6, 6.07) is 8.85. The first kappa shape index (κ1) is 25.8. The number of hydrogen-bond acceptors (Lipinski definition) is 5. The van der Waals surface area contributed by atoms with E-state index < -0.39 is 30.1 Å². The topological polar surface area (TPSA) is 87.1 Å². The number of carboxylic acids is 1. The lowest BCUT2D eigenvalue weighted by molar-refractivity contribution is -0.0930. The van der Waals surface area contributed by atoms with E-state index in [-0.39, 0.29) is 23.0 Å². The molecule has 1 aliphatic rings. The minimum atomic E-state index is -3.48. The van der Waals surface area contributed by atoms with Gasteiger partial charge in [0.15, 0.2) is 0 Å². The highest BCUT2D eigenvalue weighted by molar-refractivity contribution is 7.13. The van der Waals surface area contributed by atoms with Gasteiger partial charge in [-0.1, -0.05) is 44.2 Å². The molecule has 2 heterocycles. The molecule has 2 aromatic rings. The number of aliphatic hydroxyl groups excluding tert-OH is 1. The fraction of sp³-hybridized carbons (Fsp3) is 0.440. The molecule has 0 bridgehead atoms. The van der Waals surface area contributed by atoms with Gasteiger partial charge < -0.3 is 19.8 Å². The number of nitrogens with zero attached hydrogens (tertiary/aromatic N) is 1. The van der Waals surface area contributed by atoms with Crippen molar-refractivity contribution >= 4 is 23.4 Å². The highest BCUT2D eigenvalue weighted by Crippen LogP contribution is 2.34. The summed E-state index contributed by atoms with van der Waals surface area (Å²) in [6.07, 6.45) is 1.46. The van der Waals surface area contributed by atoms with Gasteiger partial charge in [0.2, 0.25) is 0 Å². The summed E-state index contributed by atoms with van der Waals surface area (Å²) < 4.78 is 35.0. The molecule has 2 N–H and O–H groups in total. The third-order valence-electron chi connectivity index (χ3n) is 5.79. The quantitative estimate of drug-likeness (QED) is 0.432. The first-order valence-electron chi connectivity index (χ1n) is 11.2. The van der Waals surface area contributed by atoms with Crippen molar-refractivity contribution in [3.63, 3.8) is 0 Å². The number of aromatic carboxylic acids is 1. The maximum absolute atomic E-state index is 14.9. The molecule has 1 amide bonds. The summed E-state index contributed by atoms with van der Waals surface area (Å²) in [4.78, 5) is 25.9. The van der Waals surface area contributed by atoms with Crippen LogP contribution < -0.4 is 0 Å². The van der Waals surface area contributed by atoms with Crippen molar-refractivity contribution in [2.24, 2.45) is 0 Å². The van der Waals surface area contributed by atoms with Gasteiger partial charge in [0.05, 0.1) is 12.6 Å². The Morgan fingerprint density at radius 3 is 2.76 bits per heavy atom. The zero-order valence-electron chi connectivity index (χ0n) is 19.1. The Kier molecular flexibility index (Phi) is 8.43. The van der Waals surface area contributed by atoms with Crippen LogP contribution in [-0.4, -0.2) is 52.5 Å². The molecular weight excluding hydrogens is 464 g/mol. The first-order chi connectivity index (χ1) is 16.1. The van der Waals surface area contributed by atoms with Gasteiger partial charge in [-0.05, 0) is 42.5 Å². The number of ether oxygens (including phenoxy) is 1. The second-order valence-corrected chi connectivity index (χ2v) is 9.74. The summed E-state index contributed by atoms with van der Waals surface area (Å²) in [7, 11) is 0. The highest BCUT2D eigenvalue weighted by Gasteiger charge is 2.39. The third-order valence-corrected chi connectivity index (χ3v) is 6.93. The fourth-order valence-corrected chi connectivity index (χ4v) is 4.67. The van der Waals surface area contributed by atoms with Crippen LogP contribution in [0.2, 0.25) is 0 Å². The lowest BCUT2D eigenvalue weighted by atomic mass is 9.95. The van der Waals surface area contributed by atoms with Gasteiger partial charge in [0.1, 0.15) is 11.0 Å². The van der Waals surface area contributed by atoms with E-state index in [9.17, 15) is 23.5 Å². The predicted octanol–water partition coefficient (Wildman–Crippen LogP) is 5.42. The molecule has 0 saturated carbocycles. The van der Waals surface area contributed by atoms with Crippen LogP contribution in [0.25, 0.3) is 0 Å². The number of carbonyl (C=O) groups excluding carboxylic acids is 1. The van der Waals surface area contributed by atoms with Crippen molar-refractivity contribution in [2.75, 3.05) is 13.2 Å². The maximum Gasteiger partial charge on any atom is 0.410 e. The maximum atomic E-state index is 14.9.